The number of nitrogens with one attached hydrogen (secondary N) is 1. The first-order valence-electron chi connectivity index (χ1n) is 5.96. The first-order valence-corrected chi connectivity index (χ1v) is 5.96. The Hall–Kier alpha value is -1.40. The second kappa shape index (κ2) is 8.66. The van der Waals surface area contributed by atoms with Gasteiger partial charge in [-0.05, 0) is 6.54 Å². The number of aromatic amines is 1. The maximum Gasteiger partial charge on any atom is 0.302 e. The van der Waals surface area contributed by atoms with Gasteiger partial charge in [0.25, 0.3) is 0 Å². The van der Waals surface area contributed by atoms with Crippen molar-refractivity contribution in [2.45, 2.75) is 13.3 Å². The zero-order valence-corrected chi connectivity index (χ0v) is 11.8. The fraction of sp³-hybridized carbons (Fsp3) is 0.667. The number of carbonyl (C=O) groups excluding carboxylic acids is 1. The number of likely N-dealkylation sites (N-methyl/N-ethyl adjacent to an activating group) is 1. The number of aromatic nitrogens is 2. The second-order valence-electron chi connectivity index (χ2n) is 4.97. The molecule has 6 heteroatoms. The van der Waals surface area contributed by atoms with Crippen LogP contribution in [0.1, 0.15) is 12.6 Å². The molecule has 1 rings (SSSR count). The van der Waals surface area contributed by atoms with Gasteiger partial charge in [0.15, 0.2) is 0 Å². The molecule has 0 aliphatic carbocycles. The van der Waals surface area contributed by atoms with E-state index in [1.54, 1.807) is 12.5 Å². The quantitative estimate of drug-likeness (QED) is 0.582. The zero-order chi connectivity index (χ0) is 14.0. The number of nitrogens with two attached hydrogens (primary N) is 1. The van der Waals surface area contributed by atoms with Gasteiger partial charge in [-0.15, -0.1) is 0 Å². The summed E-state index contributed by atoms with van der Waals surface area (Å²) >= 11 is 0. The molecule has 1 heterocycles. The molecule has 0 radical (unpaired) electrons. The number of ether oxygens (including phenoxy) is 1. The average Bonchev–Trinajstić information content (AvgIpc) is 2.69. The molecule has 0 saturated heterocycles. The molecule has 18 heavy (non-hydrogen) atoms. The predicted molar refractivity (Wildman–Crippen MR) is 70.9 cm³/mol. The van der Waals surface area contributed by atoms with Crippen LogP contribution in [0.2, 0.25) is 0 Å². The molecule has 0 fully saturated rings. The zero-order valence-electron chi connectivity index (χ0n) is 11.8. The second-order valence-corrected chi connectivity index (χ2v) is 4.97. The highest BCUT2D eigenvalue weighted by Crippen LogP contribution is 1.89. The lowest BCUT2D eigenvalue weighted by Crippen LogP contribution is -2.37. The van der Waals surface area contributed by atoms with Crippen LogP contribution in [0, 0.1) is 0 Å². The highest BCUT2D eigenvalue weighted by Gasteiger charge is 2.06. The lowest BCUT2D eigenvalue weighted by molar-refractivity contribution is -0.870. The minimum absolute atomic E-state index is 0.201. The molecule has 1 aromatic rings. The highest BCUT2D eigenvalue weighted by molar-refractivity contribution is 5.65. The van der Waals surface area contributed by atoms with Crippen molar-refractivity contribution in [3.63, 3.8) is 0 Å². The van der Waals surface area contributed by atoms with Crippen molar-refractivity contribution in [3.05, 3.63) is 18.2 Å². The van der Waals surface area contributed by atoms with Crippen LogP contribution < -0.4 is 5.73 Å². The molecule has 0 amide bonds. The van der Waals surface area contributed by atoms with Gasteiger partial charge in [-0.2, -0.15) is 0 Å². The number of hydrogen-bond donors (Lipinski definition) is 2. The standard InChI is InChI=1S/C7H16NO2.C5H9N3/c1-7(9)10-6-5-8(2,3)4;6-2-1-5-3-7-4-8-5/h5-6H2,1-4H3;3-4H,1-2,6H2,(H,7,8)/q+1;. The van der Waals surface area contributed by atoms with E-state index in [-0.39, 0.29) is 5.97 Å². The third-order valence-corrected chi connectivity index (χ3v) is 2.04. The molecule has 1 aromatic heterocycles. The minimum atomic E-state index is -0.201. The third-order valence-electron chi connectivity index (χ3n) is 2.04. The van der Waals surface area contributed by atoms with E-state index in [0.717, 1.165) is 23.1 Å². The lowest BCUT2D eigenvalue weighted by atomic mass is 10.3. The smallest absolute Gasteiger partial charge is 0.302 e. The monoisotopic (exact) mass is 257 g/mol. The summed E-state index contributed by atoms with van der Waals surface area (Å²) in [6.07, 6.45) is 4.33. The van der Waals surface area contributed by atoms with E-state index in [2.05, 4.69) is 31.1 Å². The summed E-state index contributed by atoms with van der Waals surface area (Å²) in [4.78, 5) is 17.1. The molecular weight excluding hydrogens is 232 g/mol. The molecule has 0 unspecified atom stereocenters. The van der Waals surface area contributed by atoms with Gasteiger partial charge in [0, 0.05) is 25.2 Å². The number of hydrogen-bond acceptors (Lipinski definition) is 4. The summed E-state index contributed by atoms with van der Waals surface area (Å²) < 4.78 is 5.59. The molecule has 104 valence electrons. The Balaban J connectivity index is 0.000000327. The Morgan fingerprint density at radius 2 is 2.17 bits per heavy atom. The van der Waals surface area contributed by atoms with Gasteiger partial charge in [-0.1, -0.05) is 0 Å². The number of carbonyl (C=O) groups is 1. The van der Waals surface area contributed by atoms with Crippen LogP contribution in [-0.4, -0.2) is 61.3 Å². The van der Waals surface area contributed by atoms with E-state index in [0.29, 0.717) is 13.2 Å². The Morgan fingerprint density at radius 1 is 1.50 bits per heavy atom. The van der Waals surface area contributed by atoms with Crippen molar-refractivity contribution in [2.75, 3.05) is 40.8 Å². The Bertz CT molecular complexity index is 317. The fourth-order valence-corrected chi connectivity index (χ4v) is 1.04. The Labute approximate surface area is 109 Å². The minimum Gasteiger partial charge on any atom is -0.460 e. The van der Waals surface area contributed by atoms with Gasteiger partial charge >= 0.3 is 5.97 Å². The Morgan fingerprint density at radius 3 is 2.56 bits per heavy atom. The van der Waals surface area contributed by atoms with Crippen LogP contribution in [0.15, 0.2) is 12.5 Å². The summed E-state index contributed by atoms with van der Waals surface area (Å²) in [6, 6.07) is 0. The molecule has 0 spiro atoms. The first kappa shape index (κ1) is 16.6. The summed E-state index contributed by atoms with van der Waals surface area (Å²) in [5, 5.41) is 0. The van der Waals surface area contributed by atoms with Gasteiger partial charge in [0.1, 0.15) is 13.2 Å². The van der Waals surface area contributed by atoms with Crippen LogP contribution in [0.3, 0.4) is 0 Å². The molecule has 0 bridgehead atoms. The number of rotatable bonds is 5. The van der Waals surface area contributed by atoms with Crippen LogP contribution in [0.25, 0.3) is 0 Å². The molecule has 0 aliphatic rings. The van der Waals surface area contributed by atoms with E-state index in [4.69, 9.17) is 10.5 Å². The number of nitrogens with zero attached hydrogens (tertiary/aromatic N) is 2. The van der Waals surface area contributed by atoms with Gasteiger partial charge in [0.05, 0.1) is 27.5 Å². The normalized spacial score (nSPS) is 10.5. The summed E-state index contributed by atoms with van der Waals surface area (Å²) in [6.45, 7) is 3.48. The maximum absolute atomic E-state index is 10.3. The van der Waals surface area contributed by atoms with Crippen molar-refractivity contribution in [1.29, 1.82) is 0 Å². The van der Waals surface area contributed by atoms with Crippen molar-refractivity contribution >= 4 is 5.97 Å². The first-order chi connectivity index (χ1) is 8.35. The lowest BCUT2D eigenvalue weighted by Gasteiger charge is -2.23. The SMILES string of the molecule is CC(=O)OCC[N+](C)(C)C.NCCc1cnc[nH]1. The van der Waals surface area contributed by atoms with Gasteiger partial charge in [-0.3, -0.25) is 4.79 Å². The number of imidazole rings is 1. The molecule has 0 aromatic carbocycles. The maximum atomic E-state index is 10.3. The number of esters is 1. The molecule has 3 N–H and O–H groups in total. The molecule has 0 atom stereocenters. The molecular formula is C12H25N4O2+. The molecule has 0 aliphatic heterocycles. The van der Waals surface area contributed by atoms with Crippen molar-refractivity contribution in [1.82, 2.24) is 9.97 Å². The highest BCUT2D eigenvalue weighted by atomic mass is 16.5. The van der Waals surface area contributed by atoms with E-state index in [1.807, 2.05) is 0 Å². The number of quaternary nitrogens is 1. The van der Waals surface area contributed by atoms with Crippen LogP contribution in [-0.2, 0) is 16.0 Å². The third kappa shape index (κ3) is 11.1. The summed E-state index contributed by atoms with van der Waals surface area (Å²) in [5.74, 6) is -0.201. The van der Waals surface area contributed by atoms with Crippen LogP contribution >= 0.6 is 0 Å². The predicted octanol–water partition coefficient (Wildman–Crippen LogP) is 0.167. The largest absolute Gasteiger partial charge is 0.460 e. The van der Waals surface area contributed by atoms with Gasteiger partial charge < -0.3 is 19.9 Å². The topological polar surface area (TPSA) is 81.0 Å². The molecule has 6 nitrogen and oxygen atoms in total. The Kier molecular flexibility index (Phi) is 7.98. The van der Waals surface area contributed by atoms with Crippen LogP contribution in [0.5, 0.6) is 0 Å². The van der Waals surface area contributed by atoms with Gasteiger partial charge in [-0.25, -0.2) is 4.98 Å². The molecule has 0 saturated carbocycles. The van der Waals surface area contributed by atoms with Crippen LogP contribution in [0.4, 0.5) is 0 Å². The van der Waals surface area contributed by atoms with Crippen molar-refractivity contribution < 1.29 is 14.0 Å². The van der Waals surface area contributed by atoms with Crippen molar-refractivity contribution in [3.8, 4) is 0 Å². The average molecular weight is 257 g/mol. The number of H-pyrrole nitrogens is 1. The van der Waals surface area contributed by atoms with E-state index in [9.17, 15) is 4.79 Å². The van der Waals surface area contributed by atoms with Gasteiger partial charge in [0.2, 0.25) is 0 Å². The fourth-order valence-electron chi connectivity index (χ4n) is 1.04. The van der Waals surface area contributed by atoms with E-state index < -0.39 is 0 Å². The van der Waals surface area contributed by atoms with E-state index >= 15 is 0 Å². The summed E-state index contributed by atoms with van der Waals surface area (Å²) in [5.41, 5.74) is 6.38. The van der Waals surface area contributed by atoms with Crippen molar-refractivity contribution in [2.24, 2.45) is 5.73 Å². The summed E-state index contributed by atoms with van der Waals surface area (Å²) in [7, 11) is 6.18. The van der Waals surface area contributed by atoms with E-state index in [1.165, 1.54) is 6.92 Å².